The molecule has 1 amide bonds. The van der Waals surface area contributed by atoms with E-state index in [4.69, 9.17) is 0 Å². The number of aromatic amines is 1. The summed E-state index contributed by atoms with van der Waals surface area (Å²) in [5.74, 6) is -0.288. The molecule has 0 saturated heterocycles. The van der Waals surface area contributed by atoms with Gasteiger partial charge in [0.15, 0.2) is 16.6 Å². The van der Waals surface area contributed by atoms with E-state index in [1.165, 1.54) is 22.7 Å². The van der Waals surface area contributed by atoms with Gasteiger partial charge >= 0.3 is 6.18 Å². The largest absolute Gasteiger partial charge is 0.416 e. The quantitative estimate of drug-likeness (QED) is 0.456. The lowest BCUT2D eigenvalue weighted by Gasteiger charge is -2.10. The lowest BCUT2D eigenvalue weighted by Crippen LogP contribution is -2.16. The highest BCUT2D eigenvalue weighted by molar-refractivity contribution is 7.99. The summed E-state index contributed by atoms with van der Waals surface area (Å²) in [6, 6.07) is 14.8. The SMILES string of the molecule is O=C(CSc1nc(-c2ccccc2)nc2cc(=O)[nH]n12)Nc1cccc(C(F)(F)F)c1. The molecule has 2 aromatic carbocycles. The van der Waals surface area contributed by atoms with E-state index in [-0.39, 0.29) is 17.0 Å². The van der Waals surface area contributed by atoms with E-state index in [2.05, 4.69) is 20.4 Å². The number of thioether (sulfide) groups is 1. The zero-order chi connectivity index (χ0) is 22.0. The number of fused-ring (bicyclic) bond motifs is 1. The molecule has 0 aliphatic rings. The van der Waals surface area contributed by atoms with Gasteiger partial charge in [0.2, 0.25) is 5.91 Å². The minimum atomic E-state index is -4.50. The second kappa shape index (κ2) is 8.26. The van der Waals surface area contributed by atoms with Crippen molar-refractivity contribution in [2.75, 3.05) is 11.1 Å². The van der Waals surface area contributed by atoms with Crippen LogP contribution in [0.1, 0.15) is 5.56 Å². The van der Waals surface area contributed by atoms with Crippen molar-refractivity contribution < 1.29 is 18.0 Å². The third-order valence-electron chi connectivity index (χ3n) is 4.16. The van der Waals surface area contributed by atoms with Crippen molar-refractivity contribution in [3.63, 3.8) is 0 Å². The third kappa shape index (κ3) is 4.77. The Morgan fingerprint density at radius 2 is 1.84 bits per heavy atom. The molecule has 11 heteroatoms. The summed E-state index contributed by atoms with van der Waals surface area (Å²) >= 11 is 1.02. The van der Waals surface area contributed by atoms with E-state index in [1.807, 2.05) is 30.3 Å². The summed E-state index contributed by atoms with van der Waals surface area (Å²) in [5.41, 5.74) is -0.135. The van der Waals surface area contributed by atoms with Crippen LogP contribution in [0.25, 0.3) is 17.0 Å². The van der Waals surface area contributed by atoms with Crippen LogP contribution in [0, 0.1) is 0 Å². The van der Waals surface area contributed by atoms with Crippen molar-refractivity contribution in [3.05, 3.63) is 76.6 Å². The molecule has 0 saturated carbocycles. The van der Waals surface area contributed by atoms with Gasteiger partial charge in [-0.2, -0.15) is 13.2 Å². The molecule has 2 N–H and O–H groups in total. The summed E-state index contributed by atoms with van der Waals surface area (Å²) in [7, 11) is 0. The predicted molar refractivity (Wildman–Crippen MR) is 110 cm³/mol. The number of hydrogen-bond donors (Lipinski definition) is 2. The van der Waals surface area contributed by atoms with Crippen molar-refractivity contribution in [1.29, 1.82) is 0 Å². The molecule has 0 bridgehead atoms. The number of hydrogen-bond acceptors (Lipinski definition) is 5. The fourth-order valence-electron chi connectivity index (χ4n) is 2.80. The topological polar surface area (TPSA) is 92.2 Å². The summed E-state index contributed by atoms with van der Waals surface area (Å²) in [6.07, 6.45) is -4.50. The third-order valence-corrected chi connectivity index (χ3v) is 5.10. The molecule has 0 radical (unpaired) electrons. The standard InChI is InChI=1S/C20H14F3N5O2S/c21-20(22,23)13-7-4-8-14(9-13)24-17(30)11-31-19-26-18(12-5-2-1-3-6-12)25-15-10-16(29)27-28(15)19/h1-10H,11H2,(H,24,30)(H,27,29). The van der Waals surface area contributed by atoms with Gasteiger partial charge in [0.05, 0.1) is 11.3 Å². The van der Waals surface area contributed by atoms with Crippen LogP contribution in [0.15, 0.2) is 70.6 Å². The van der Waals surface area contributed by atoms with Crippen LogP contribution in [0.2, 0.25) is 0 Å². The first-order valence-electron chi connectivity index (χ1n) is 8.95. The van der Waals surface area contributed by atoms with Crippen LogP contribution in [-0.4, -0.2) is 31.2 Å². The molecule has 0 spiro atoms. The molecule has 2 aromatic heterocycles. The zero-order valence-corrected chi connectivity index (χ0v) is 16.5. The first kappa shape index (κ1) is 20.7. The number of alkyl halides is 3. The van der Waals surface area contributed by atoms with E-state index in [1.54, 1.807) is 0 Å². The maximum absolute atomic E-state index is 12.8. The van der Waals surface area contributed by atoms with Crippen LogP contribution < -0.4 is 10.9 Å². The van der Waals surface area contributed by atoms with Crippen molar-refractivity contribution in [2.45, 2.75) is 11.3 Å². The van der Waals surface area contributed by atoms with Gasteiger partial charge in [0, 0.05) is 17.3 Å². The first-order valence-corrected chi connectivity index (χ1v) is 9.93. The number of aromatic nitrogens is 4. The van der Waals surface area contributed by atoms with Crippen LogP contribution in [0.5, 0.6) is 0 Å². The Hall–Kier alpha value is -3.60. The second-order valence-electron chi connectivity index (χ2n) is 6.43. The number of benzene rings is 2. The molecule has 158 valence electrons. The molecule has 0 atom stereocenters. The average Bonchev–Trinajstić information content (AvgIpc) is 3.12. The highest BCUT2D eigenvalue weighted by Crippen LogP contribution is 2.30. The van der Waals surface area contributed by atoms with E-state index < -0.39 is 17.6 Å². The number of H-pyrrole nitrogens is 1. The van der Waals surface area contributed by atoms with Gasteiger partial charge in [0.25, 0.3) is 5.56 Å². The van der Waals surface area contributed by atoms with Crippen molar-refractivity contribution in [2.24, 2.45) is 0 Å². The summed E-state index contributed by atoms with van der Waals surface area (Å²) in [5, 5.41) is 5.31. The number of halogens is 3. The Morgan fingerprint density at radius 3 is 2.58 bits per heavy atom. The van der Waals surface area contributed by atoms with E-state index in [0.717, 1.165) is 29.5 Å². The van der Waals surface area contributed by atoms with Gasteiger partial charge in [-0.3, -0.25) is 14.7 Å². The molecule has 0 aliphatic carbocycles. The number of nitrogens with one attached hydrogen (secondary N) is 2. The summed E-state index contributed by atoms with van der Waals surface area (Å²) in [4.78, 5) is 32.8. The van der Waals surface area contributed by atoms with Crippen molar-refractivity contribution >= 4 is 29.0 Å². The number of anilines is 1. The van der Waals surface area contributed by atoms with Gasteiger partial charge in [-0.15, -0.1) is 0 Å². The minimum Gasteiger partial charge on any atom is -0.325 e. The van der Waals surface area contributed by atoms with Gasteiger partial charge in [-0.25, -0.2) is 14.5 Å². The Morgan fingerprint density at radius 1 is 1.06 bits per heavy atom. The maximum Gasteiger partial charge on any atom is 0.416 e. The second-order valence-corrected chi connectivity index (χ2v) is 7.37. The predicted octanol–water partition coefficient (Wildman–Crippen LogP) is 3.83. The lowest BCUT2D eigenvalue weighted by molar-refractivity contribution is -0.137. The Bertz CT molecular complexity index is 1300. The Labute approximate surface area is 177 Å². The highest BCUT2D eigenvalue weighted by atomic mass is 32.2. The maximum atomic E-state index is 12.8. The molecular formula is C20H14F3N5O2S. The molecule has 7 nitrogen and oxygen atoms in total. The molecule has 0 unspecified atom stereocenters. The van der Waals surface area contributed by atoms with Gasteiger partial charge in [0.1, 0.15) is 0 Å². The molecular weight excluding hydrogens is 431 g/mol. The molecule has 4 aromatic rings. The minimum absolute atomic E-state index is 0.0348. The van der Waals surface area contributed by atoms with Crippen LogP contribution in [-0.2, 0) is 11.0 Å². The highest BCUT2D eigenvalue weighted by Gasteiger charge is 2.30. The Balaban J connectivity index is 1.55. The first-order chi connectivity index (χ1) is 14.8. The van der Waals surface area contributed by atoms with Crippen molar-refractivity contribution in [3.8, 4) is 11.4 Å². The number of nitrogens with zero attached hydrogens (tertiary/aromatic N) is 3. The number of carbonyl (C=O) groups excluding carboxylic acids is 1. The zero-order valence-electron chi connectivity index (χ0n) is 15.7. The summed E-state index contributed by atoms with van der Waals surface area (Å²) in [6.45, 7) is 0. The molecule has 0 fully saturated rings. The fourth-order valence-corrected chi connectivity index (χ4v) is 3.55. The van der Waals surface area contributed by atoms with Crippen LogP contribution in [0.3, 0.4) is 0 Å². The average molecular weight is 445 g/mol. The smallest absolute Gasteiger partial charge is 0.325 e. The van der Waals surface area contributed by atoms with E-state index in [9.17, 15) is 22.8 Å². The van der Waals surface area contributed by atoms with E-state index >= 15 is 0 Å². The Kier molecular flexibility index (Phi) is 5.51. The van der Waals surface area contributed by atoms with E-state index in [0.29, 0.717) is 16.6 Å². The normalized spacial score (nSPS) is 11.6. The van der Waals surface area contributed by atoms with Crippen LogP contribution >= 0.6 is 11.8 Å². The fraction of sp³-hybridized carbons (Fsp3) is 0.100. The number of carbonyl (C=O) groups is 1. The molecule has 0 aliphatic heterocycles. The number of rotatable bonds is 5. The van der Waals surface area contributed by atoms with Crippen LogP contribution in [0.4, 0.5) is 18.9 Å². The summed E-state index contributed by atoms with van der Waals surface area (Å²) < 4.78 is 39.9. The molecule has 31 heavy (non-hydrogen) atoms. The number of amides is 1. The van der Waals surface area contributed by atoms with Gasteiger partial charge < -0.3 is 5.32 Å². The van der Waals surface area contributed by atoms with Crippen molar-refractivity contribution in [1.82, 2.24) is 19.6 Å². The monoisotopic (exact) mass is 445 g/mol. The van der Waals surface area contributed by atoms with Gasteiger partial charge in [-0.1, -0.05) is 48.2 Å². The van der Waals surface area contributed by atoms with Gasteiger partial charge in [-0.05, 0) is 18.2 Å². The molecule has 4 rings (SSSR count). The molecule has 2 heterocycles. The lowest BCUT2D eigenvalue weighted by atomic mass is 10.2.